The van der Waals surface area contributed by atoms with Crippen molar-refractivity contribution >= 4 is 53.4 Å². The predicted octanol–water partition coefficient (Wildman–Crippen LogP) is 4.10. The number of sulfonamides is 1. The summed E-state index contributed by atoms with van der Waals surface area (Å²) in [4.78, 5) is 17.3. The zero-order valence-corrected chi connectivity index (χ0v) is 17.0. The number of rotatable bonds is 4. The van der Waals surface area contributed by atoms with E-state index in [1.165, 1.54) is 15.6 Å². The van der Waals surface area contributed by atoms with E-state index in [4.69, 9.17) is 0 Å². The molecule has 0 saturated carbocycles. The summed E-state index contributed by atoms with van der Waals surface area (Å²) in [5, 5.41) is 5.33. The number of fused-ring (bicyclic) bond motifs is 2. The molecular formula is C21H17N3O3S2. The van der Waals surface area contributed by atoms with Gasteiger partial charge in [0.2, 0.25) is 10.0 Å². The van der Waals surface area contributed by atoms with Crippen LogP contribution in [0.3, 0.4) is 0 Å². The number of carbonyl (C=O) groups excluding carboxylic acids is 1. The van der Waals surface area contributed by atoms with Crippen LogP contribution in [0.25, 0.3) is 21.0 Å². The van der Waals surface area contributed by atoms with E-state index in [1.54, 1.807) is 24.3 Å². The van der Waals surface area contributed by atoms with Crippen molar-refractivity contribution in [2.75, 3.05) is 18.4 Å². The third-order valence-corrected chi connectivity index (χ3v) is 7.87. The smallest absolute Gasteiger partial charge is 0.257 e. The van der Waals surface area contributed by atoms with E-state index in [1.807, 2.05) is 36.4 Å². The Labute approximate surface area is 171 Å². The standard InChI is InChI=1S/C21H17N3O3S2/c25-20(16-7-6-14-4-1-2-5-15(14)12-16)23-21-22-18-9-8-17(13-19(18)28-21)29(26,27)24-10-3-11-24/h1-2,4-9,12-13H,3,10-11H2,(H,22,23,25). The van der Waals surface area contributed by atoms with E-state index >= 15 is 0 Å². The molecule has 0 bridgehead atoms. The largest absolute Gasteiger partial charge is 0.298 e. The van der Waals surface area contributed by atoms with E-state index in [0.29, 0.717) is 29.3 Å². The van der Waals surface area contributed by atoms with Gasteiger partial charge in [0.15, 0.2) is 5.13 Å². The molecule has 2 heterocycles. The summed E-state index contributed by atoms with van der Waals surface area (Å²) in [7, 11) is -3.45. The second kappa shape index (κ2) is 6.91. The topological polar surface area (TPSA) is 79.4 Å². The molecule has 0 radical (unpaired) electrons. The summed E-state index contributed by atoms with van der Waals surface area (Å²) in [5.74, 6) is -0.247. The van der Waals surface area contributed by atoms with Crippen molar-refractivity contribution in [3.8, 4) is 0 Å². The number of nitrogens with zero attached hydrogens (tertiary/aromatic N) is 2. The Morgan fingerprint density at radius 2 is 1.79 bits per heavy atom. The van der Waals surface area contributed by atoms with Gasteiger partial charge in [0.05, 0.1) is 15.1 Å². The number of thiazole rings is 1. The van der Waals surface area contributed by atoms with Gasteiger partial charge in [-0.2, -0.15) is 4.31 Å². The Morgan fingerprint density at radius 1 is 1.00 bits per heavy atom. The zero-order valence-electron chi connectivity index (χ0n) is 15.3. The van der Waals surface area contributed by atoms with Gasteiger partial charge in [0.1, 0.15) is 0 Å². The summed E-state index contributed by atoms with van der Waals surface area (Å²) in [6.45, 7) is 1.13. The van der Waals surface area contributed by atoms with E-state index in [9.17, 15) is 13.2 Å². The number of aromatic nitrogens is 1. The first-order valence-corrected chi connectivity index (χ1v) is 11.5. The van der Waals surface area contributed by atoms with Gasteiger partial charge < -0.3 is 0 Å². The number of hydrogen-bond acceptors (Lipinski definition) is 5. The van der Waals surface area contributed by atoms with Gasteiger partial charge in [0, 0.05) is 18.7 Å². The van der Waals surface area contributed by atoms with Gasteiger partial charge in [-0.1, -0.05) is 41.7 Å². The van der Waals surface area contributed by atoms with Gasteiger partial charge in [0.25, 0.3) is 5.91 Å². The van der Waals surface area contributed by atoms with E-state index in [-0.39, 0.29) is 10.8 Å². The van der Waals surface area contributed by atoms with E-state index < -0.39 is 10.0 Å². The van der Waals surface area contributed by atoms with E-state index in [0.717, 1.165) is 21.9 Å². The average molecular weight is 424 g/mol. The molecular weight excluding hydrogens is 406 g/mol. The van der Waals surface area contributed by atoms with Crippen molar-refractivity contribution in [2.24, 2.45) is 0 Å². The zero-order chi connectivity index (χ0) is 20.0. The van der Waals surface area contributed by atoms with Crippen molar-refractivity contribution in [1.82, 2.24) is 9.29 Å². The van der Waals surface area contributed by atoms with Crippen LogP contribution in [0.5, 0.6) is 0 Å². The van der Waals surface area contributed by atoms with Crippen molar-refractivity contribution in [3.63, 3.8) is 0 Å². The fraction of sp³-hybridized carbons (Fsp3) is 0.143. The van der Waals surface area contributed by atoms with Crippen LogP contribution >= 0.6 is 11.3 Å². The fourth-order valence-electron chi connectivity index (χ4n) is 3.30. The van der Waals surface area contributed by atoms with Crippen LogP contribution in [0.1, 0.15) is 16.8 Å². The number of anilines is 1. The molecule has 4 aromatic rings. The molecule has 5 rings (SSSR count). The maximum Gasteiger partial charge on any atom is 0.257 e. The first kappa shape index (κ1) is 18.2. The highest BCUT2D eigenvalue weighted by Crippen LogP contribution is 2.30. The lowest BCUT2D eigenvalue weighted by atomic mass is 10.1. The lowest BCUT2D eigenvalue weighted by Gasteiger charge is -2.29. The molecule has 1 N–H and O–H groups in total. The summed E-state index contributed by atoms with van der Waals surface area (Å²) >= 11 is 1.27. The molecule has 1 aliphatic rings. The minimum absolute atomic E-state index is 0.247. The lowest BCUT2D eigenvalue weighted by molar-refractivity contribution is 0.102. The van der Waals surface area contributed by atoms with Crippen LogP contribution in [-0.2, 0) is 10.0 Å². The van der Waals surface area contributed by atoms with Gasteiger partial charge in [-0.15, -0.1) is 0 Å². The van der Waals surface area contributed by atoms with Gasteiger partial charge >= 0.3 is 0 Å². The molecule has 0 atom stereocenters. The van der Waals surface area contributed by atoms with Crippen LogP contribution < -0.4 is 5.32 Å². The molecule has 146 valence electrons. The Bertz CT molecular complexity index is 1360. The van der Waals surface area contributed by atoms with Crippen LogP contribution in [0.2, 0.25) is 0 Å². The molecule has 1 saturated heterocycles. The number of carbonyl (C=O) groups is 1. The molecule has 1 aliphatic heterocycles. The minimum Gasteiger partial charge on any atom is -0.298 e. The molecule has 0 spiro atoms. The quantitative estimate of drug-likeness (QED) is 0.536. The SMILES string of the molecule is O=C(Nc1nc2ccc(S(=O)(=O)N3CCC3)cc2s1)c1ccc2ccccc2c1. The summed E-state index contributed by atoms with van der Waals surface area (Å²) < 4.78 is 27.3. The maximum absolute atomic E-state index is 12.6. The first-order chi connectivity index (χ1) is 14.0. The third kappa shape index (κ3) is 3.29. The van der Waals surface area contributed by atoms with Crippen LogP contribution in [0.4, 0.5) is 5.13 Å². The van der Waals surface area contributed by atoms with Crippen LogP contribution in [0, 0.1) is 0 Å². The van der Waals surface area contributed by atoms with Crippen LogP contribution in [0.15, 0.2) is 65.6 Å². The molecule has 0 aliphatic carbocycles. The maximum atomic E-state index is 12.6. The summed E-state index contributed by atoms with van der Waals surface area (Å²) in [6.07, 6.45) is 0.896. The molecule has 3 aromatic carbocycles. The molecule has 29 heavy (non-hydrogen) atoms. The molecule has 1 aromatic heterocycles. The Kier molecular flexibility index (Phi) is 4.34. The summed E-state index contributed by atoms with van der Waals surface area (Å²) in [6, 6.07) is 18.3. The van der Waals surface area contributed by atoms with Crippen LogP contribution in [-0.4, -0.2) is 36.7 Å². The first-order valence-electron chi connectivity index (χ1n) is 9.22. The van der Waals surface area contributed by atoms with Crippen molar-refractivity contribution in [1.29, 1.82) is 0 Å². The van der Waals surface area contributed by atoms with Gasteiger partial charge in [-0.3, -0.25) is 10.1 Å². The predicted molar refractivity (Wildman–Crippen MR) is 115 cm³/mol. The number of hydrogen-bond donors (Lipinski definition) is 1. The number of nitrogens with one attached hydrogen (secondary N) is 1. The fourth-order valence-corrected chi connectivity index (χ4v) is 5.81. The number of amides is 1. The second-order valence-electron chi connectivity index (χ2n) is 6.92. The molecule has 0 unspecified atom stereocenters. The second-order valence-corrected chi connectivity index (χ2v) is 9.89. The highest BCUT2D eigenvalue weighted by molar-refractivity contribution is 7.89. The lowest BCUT2D eigenvalue weighted by Crippen LogP contribution is -2.41. The van der Waals surface area contributed by atoms with Crippen molar-refractivity contribution in [3.05, 3.63) is 66.2 Å². The molecule has 1 amide bonds. The molecule has 8 heteroatoms. The molecule has 6 nitrogen and oxygen atoms in total. The Morgan fingerprint density at radius 3 is 2.55 bits per heavy atom. The number of benzene rings is 3. The van der Waals surface area contributed by atoms with Crippen molar-refractivity contribution < 1.29 is 13.2 Å². The van der Waals surface area contributed by atoms with Gasteiger partial charge in [-0.25, -0.2) is 13.4 Å². The highest BCUT2D eigenvalue weighted by atomic mass is 32.2. The molecule has 1 fully saturated rings. The third-order valence-electron chi connectivity index (χ3n) is 5.04. The monoisotopic (exact) mass is 423 g/mol. The Balaban J connectivity index is 1.42. The van der Waals surface area contributed by atoms with Crippen molar-refractivity contribution in [2.45, 2.75) is 11.3 Å². The Hall–Kier alpha value is -2.81. The normalized spacial score (nSPS) is 14.8. The minimum atomic E-state index is -3.45. The highest BCUT2D eigenvalue weighted by Gasteiger charge is 2.29. The van der Waals surface area contributed by atoms with E-state index in [2.05, 4.69) is 10.3 Å². The summed E-state index contributed by atoms with van der Waals surface area (Å²) in [5.41, 5.74) is 1.20. The average Bonchev–Trinajstić information content (AvgIpc) is 3.07. The van der Waals surface area contributed by atoms with Gasteiger partial charge in [-0.05, 0) is 47.5 Å².